The molecule has 0 saturated heterocycles. The molecule has 2 heterocycles. The van der Waals surface area contributed by atoms with Gasteiger partial charge in [-0.05, 0) is 31.9 Å². The molecule has 2 aromatic carbocycles. The molecule has 7 heteroatoms. The van der Waals surface area contributed by atoms with E-state index in [9.17, 15) is 4.79 Å². The molecule has 0 saturated carbocycles. The van der Waals surface area contributed by atoms with Crippen LogP contribution in [0.4, 0.5) is 5.95 Å². The molecule has 158 valence electrons. The van der Waals surface area contributed by atoms with Gasteiger partial charge in [0.05, 0.1) is 14.2 Å². The van der Waals surface area contributed by atoms with Crippen LogP contribution in [-0.2, 0) is 4.79 Å². The van der Waals surface area contributed by atoms with Crippen LogP contribution in [0.2, 0.25) is 0 Å². The van der Waals surface area contributed by atoms with E-state index in [1.165, 1.54) is 0 Å². The van der Waals surface area contributed by atoms with Crippen LogP contribution in [0.15, 0.2) is 53.7 Å². The summed E-state index contributed by atoms with van der Waals surface area (Å²) in [5, 5.41) is 8.21. The van der Waals surface area contributed by atoms with Crippen LogP contribution in [0, 0.1) is 6.92 Å². The van der Waals surface area contributed by atoms with Gasteiger partial charge in [-0.25, -0.2) is 4.68 Å². The number of ketones is 1. The third-order valence-electron chi connectivity index (χ3n) is 5.87. The fourth-order valence-electron chi connectivity index (χ4n) is 4.48. The van der Waals surface area contributed by atoms with E-state index >= 15 is 0 Å². The highest BCUT2D eigenvalue weighted by molar-refractivity contribution is 5.99. The number of benzene rings is 2. The van der Waals surface area contributed by atoms with Crippen molar-refractivity contribution < 1.29 is 14.3 Å². The summed E-state index contributed by atoms with van der Waals surface area (Å²) in [7, 11) is 3.22. The van der Waals surface area contributed by atoms with Gasteiger partial charge in [0, 0.05) is 28.8 Å². The molecule has 0 spiro atoms. The number of fused-ring (bicyclic) bond motifs is 1. The molecular weight excluding hydrogens is 392 g/mol. The van der Waals surface area contributed by atoms with E-state index in [0.29, 0.717) is 29.7 Å². The molecule has 0 bridgehead atoms. The third-order valence-corrected chi connectivity index (χ3v) is 5.87. The molecule has 1 atom stereocenters. The van der Waals surface area contributed by atoms with Gasteiger partial charge in [-0.15, -0.1) is 5.10 Å². The molecule has 1 aliphatic carbocycles. The molecule has 7 nitrogen and oxygen atoms in total. The van der Waals surface area contributed by atoms with Crippen LogP contribution in [-0.4, -0.2) is 34.8 Å². The second-order valence-corrected chi connectivity index (χ2v) is 7.85. The lowest BCUT2D eigenvalue weighted by Gasteiger charge is -2.32. The summed E-state index contributed by atoms with van der Waals surface area (Å²) in [6.07, 6.45) is 2.15. The van der Waals surface area contributed by atoms with E-state index in [1.54, 1.807) is 18.9 Å². The maximum absolute atomic E-state index is 13.1. The van der Waals surface area contributed by atoms with Gasteiger partial charge in [-0.2, -0.15) is 4.98 Å². The number of carbonyl (C=O) groups excluding carboxylic acids is 1. The predicted molar refractivity (Wildman–Crippen MR) is 117 cm³/mol. The number of hydrogen-bond acceptors (Lipinski definition) is 6. The molecule has 0 amide bonds. The average molecular weight is 416 g/mol. The van der Waals surface area contributed by atoms with Gasteiger partial charge in [0.2, 0.25) is 5.95 Å². The topological polar surface area (TPSA) is 78.3 Å². The molecule has 1 N–H and O–H groups in total. The van der Waals surface area contributed by atoms with Crippen molar-refractivity contribution in [1.82, 2.24) is 14.8 Å². The number of aryl methyl sites for hydroxylation is 1. The molecular formula is C24H24N4O3. The lowest BCUT2D eigenvalue weighted by atomic mass is 9.85. The van der Waals surface area contributed by atoms with Gasteiger partial charge in [0.15, 0.2) is 23.1 Å². The lowest BCUT2D eigenvalue weighted by Crippen LogP contribution is -2.31. The van der Waals surface area contributed by atoms with Crippen molar-refractivity contribution in [1.29, 1.82) is 0 Å². The van der Waals surface area contributed by atoms with Crippen molar-refractivity contribution in [3.63, 3.8) is 0 Å². The van der Waals surface area contributed by atoms with Crippen LogP contribution >= 0.6 is 0 Å². The zero-order valence-electron chi connectivity index (χ0n) is 17.8. The van der Waals surface area contributed by atoms with E-state index in [4.69, 9.17) is 19.6 Å². The van der Waals surface area contributed by atoms with Crippen LogP contribution < -0.4 is 14.8 Å². The average Bonchev–Trinajstić information content (AvgIpc) is 3.21. The number of methoxy groups -OCH3 is 2. The van der Waals surface area contributed by atoms with Crippen LogP contribution in [0.3, 0.4) is 0 Å². The molecule has 0 fully saturated rings. The van der Waals surface area contributed by atoms with Crippen LogP contribution in [0.1, 0.15) is 36.4 Å². The Hall–Kier alpha value is -3.61. The smallest absolute Gasteiger partial charge is 0.226 e. The van der Waals surface area contributed by atoms with Crippen LogP contribution in [0.25, 0.3) is 11.4 Å². The largest absolute Gasteiger partial charge is 0.493 e. The Morgan fingerprint density at radius 1 is 1.10 bits per heavy atom. The summed E-state index contributed by atoms with van der Waals surface area (Å²) >= 11 is 0. The van der Waals surface area contributed by atoms with E-state index < -0.39 is 6.04 Å². The Kier molecular flexibility index (Phi) is 4.73. The standard InChI is InChI=1S/C24H24N4O3/c1-14-7-4-8-15(13-14)23-26-24-25-17-10-6-11-18(29)20(17)21(28(24)27-23)16-9-5-12-19(30-2)22(16)31-3/h4-5,7-9,12-13,21H,6,10-11H2,1-3H3,(H,25,26,27). The maximum Gasteiger partial charge on any atom is 0.226 e. The highest BCUT2D eigenvalue weighted by Crippen LogP contribution is 2.45. The monoisotopic (exact) mass is 416 g/mol. The molecule has 1 aromatic heterocycles. The second kappa shape index (κ2) is 7.58. The van der Waals surface area contributed by atoms with Gasteiger partial charge in [0.1, 0.15) is 6.04 Å². The number of Topliss-reactive ketones (excluding diaryl/α,β-unsaturated/α-hetero) is 1. The van der Waals surface area contributed by atoms with E-state index in [-0.39, 0.29) is 5.78 Å². The van der Waals surface area contributed by atoms with Gasteiger partial charge < -0.3 is 14.8 Å². The van der Waals surface area contributed by atoms with Crippen molar-refractivity contribution >= 4 is 11.7 Å². The fourth-order valence-corrected chi connectivity index (χ4v) is 4.48. The number of para-hydroxylation sites is 1. The number of aromatic nitrogens is 3. The quantitative estimate of drug-likeness (QED) is 0.684. The molecule has 31 heavy (non-hydrogen) atoms. The number of allylic oxidation sites excluding steroid dienone is 2. The Balaban J connectivity index is 1.73. The van der Waals surface area contributed by atoms with Crippen molar-refractivity contribution in [2.75, 3.05) is 19.5 Å². The summed E-state index contributed by atoms with van der Waals surface area (Å²) in [4.78, 5) is 17.8. The van der Waals surface area contributed by atoms with Gasteiger partial charge in [-0.3, -0.25) is 4.79 Å². The lowest BCUT2D eigenvalue weighted by molar-refractivity contribution is -0.116. The first-order chi connectivity index (χ1) is 15.1. The van der Waals surface area contributed by atoms with Crippen molar-refractivity contribution in [3.8, 4) is 22.9 Å². The molecule has 5 rings (SSSR count). The van der Waals surface area contributed by atoms with E-state index in [2.05, 4.69) is 11.4 Å². The van der Waals surface area contributed by atoms with E-state index in [0.717, 1.165) is 40.8 Å². The van der Waals surface area contributed by atoms with Crippen molar-refractivity contribution in [3.05, 3.63) is 64.9 Å². The first-order valence-corrected chi connectivity index (χ1v) is 10.4. The second-order valence-electron chi connectivity index (χ2n) is 7.85. The Morgan fingerprint density at radius 2 is 1.94 bits per heavy atom. The van der Waals surface area contributed by atoms with Crippen molar-refractivity contribution in [2.45, 2.75) is 32.2 Å². The molecule has 1 aliphatic heterocycles. The van der Waals surface area contributed by atoms with Gasteiger partial charge in [-0.1, -0.05) is 35.9 Å². The van der Waals surface area contributed by atoms with Gasteiger partial charge in [0.25, 0.3) is 0 Å². The van der Waals surface area contributed by atoms with E-state index in [1.807, 2.05) is 43.3 Å². The summed E-state index contributed by atoms with van der Waals surface area (Å²) < 4.78 is 13.0. The molecule has 1 unspecified atom stereocenters. The number of nitrogens with one attached hydrogen (secondary N) is 1. The summed E-state index contributed by atoms with van der Waals surface area (Å²) in [6, 6.07) is 13.4. The number of nitrogens with zero attached hydrogens (tertiary/aromatic N) is 3. The van der Waals surface area contributed by atoms with Gasteiger partial charge >= 0.3 is 0 Å². The summed E-state index contributed by atoms with van der Waals surface area (Å²) in [5.41, 5.74) is 4.54. The number of hydrogen-bond donors (Lipinski definition) is 1. The van der Waals surface area contributed by atoms with Crippen molar-refractivity contribution in [2.24, 2.45) is 0 Å². The fraction of sp³-hybridized carbons (Fsp3) is 0.292. The highest BCUT2D eigenvalue weighted by atomic mass is 16.5. The Labute approximate surface area is 180 Å². The number of carbonyl (C=O) groups is 1. The normalized spacial score (nSPS) is 17.6. The minimum Gasteiger partial charge on any atom is -0.493 e. The van der Waals surface area contributed by atoms with Crippen LogP contribution in [0.5, 0.6) is 11.5 Å². The highest BCUT2D eigenvalue weighted by Gasteiger charge is 2.38. The molecule has 2 aliphatic rings. The third kappa shape index (κ3) is 3.17. The first-order valence-electron chi connectivity index (χ1n) is 10.4. The SMILES string of the molecule is COc1cccc(C2C3=C(CCCC3=O)Nc3nc(-c4cccc(C)c4)nn32)c1OC. The minimum atomic E-state index is -0.435. The zero-order chi connectivity index (χ0) is 21.5. The molecule has 0 radical (unpaired) electrons. The molecule has 3 aromatic rings. The number of anilines is 1. The maximum atomic E-state index is 13.1. The summed E-state index contributed by atoms with van der Waals surface area (Å²) in [6.45, 7) is 2.04. The number of ether oxygens (including phenoxy) is 2. The first kappa shape index (κ1) is 19.4. The predicted octanol–water partition coefficient (Wildman–Crippen LogP) is 4.29. The zero-order valence-corrected chi connectivity index (χ0v) is 17.8. The summed E-state index contributed by atoms with van der Waals surface area (Å²) in [5.74, 6) is 2.58. The number of rotatable bonds is 4. The minimum absolute atomic E-state index is 0.127. The Morgan fingerprint density at radius 3 is 2.71 bits per heavy atom. The Bertz CT molecular complexity index is 1210.